The fourth-order valence-corrected chi connectivity index (χ4v) is 4.82. The zero-order valence-corrected chi connectivity index (χ0v) is 20.4. The zero-order valence-electron chi connectivity index (χ0n) is 20.4. The Morgan fingerprint density at radius 1 is 1.11 bits per heavy atom. The van der Waals surface area contributed by atoms with E-state index < -0.39 is 17.2 Å². The van der Waals surface area contributed by atoms with Crippen molar-refractivity contribution in [3.05, 3.63) is 89.6 Å². The summed E-state index contributed by atoms with van der Waals surface area (Å²) < 4.78 is 12.1. The number of aryl methyl sites for hydroxylation is 1. The van der Waals surface area contributed by atoms with Crippen molar-refractivity contribution in [3.8, 4) is 11.5 Å². The molecule has 7 nitrogen and oxygen atoms in total. The predicted octanol–water partition coefficient (Wildman–Crippen LogP) is 4.98. The standard InChI is InChI=1S/C29H28N2O5/c1-18-6-4-9-25-26(18)36-21(16-31(25)3)17-35-20-12-10-19(11-13-20)27(32)29(2,28(33)34)23-7-5-8-24-22(23)14-15-30-24/h4-15,21,30H,16-17H2,1-3H3,(H,33,34)/t21-,29?/m0/s1. The molecule has 1 unspecified atom stereocenters. The van der Waals surface area contributed by atoms with Gasteiger partial charge in [0.2, 0.25) is 0 Å². The second-order valence-corrected chi connectivity index (χ2v) is 9.38. The second-order valence-electron chi connectivity index (χ2n) is 9.38. The van der Waals surface area contributed by atoms with Gasteiger partial charge in [0.15, 0.2) is 17.3 Å². The third-order valence-electron chi connectivity index (χ3n) is 6.93. The lowest BCUT2D eigenvalue weighted by molar-refractivity contribution is -0.141. The number of aromatic nitrogens is 1. The molecule has 4 aromatic rings. The Labute approximate surface area is 209 Å². The first-order valence-corrected chi connectivity index (χ1v) is 11.8. The monoisotopic (exact) mass is 484 g/mol. The van der Waals surface area contributed by atoms with Gasteiger partial charge in [-0.3, -0.25) is 9.59 Å². The van der Waals surface area contributed by atoms with Crippen LogP contribution in [0.3, 0.4) is 0 Å². The average molecular weight is 485 g/mol. The molecule has 0 aliphatic carbocycles. The largest absolute Gasteiger partial charge is 0.490 e. The first-order chi connectivity index (χ1) is 17.3. The van der Waals surface area contributed by atoms with Gasteiger partial charge in [-0.05, 0) is 67.4 Å². The number of carboxylic acids is 1. The molecule has 2 heterocycles. The van der Waals surface area contributed by atoms with Crippen LogP contribution in [0.1, 0.15) is 28.4 Å². The molecular formula is C29H28N2O5. The number of carbonyl (C=O) groups excluding carboxylic acids is 1. The van der Waals surface area contributed by atoms with E-state index in [-0.39, 0.29) is 6.10 Å². The fourth-order valence-electron chi connectivity index (χ4n) is 4.82. The number of benzene rings is 3. The second kappa shape index (κ2) is 9.07. The molecular weight excluding hydrogens is 456 g/mol. The van der Waals surface area contributed by atoms with Gasteiger partial charge in [-0.2, -0.15) is 0 Å². The molecule has 36 heavy (non-hydrogen) atoms. The summed E-state index contributed by atoms with van der Waals surface area (Å²) >= 11 is 0. The summed E-state index contributed by atoms with van der Waals surface area (Å²) in [6, 6.07) is 19.8. The Balaban J connectivity index is 1.32. The zero-order chi connectivity index (χ0) is 25.4. The highest BCUT2D eigenvalue weighted by atomic mass is 16.5. The predicted molar refractivity (Wildman–Crippen MR) is 138 cm³/mol. The first kappa shape index (κ1) is 23.5. The molecule has 3 aromatic carbocycles. The minimum absolute atomic E-state index is 0.151. The van der Waals surface area contributed by atoms with Gasteiger partial charge in [0.1, 0.15) is 18.1 Å². The topological polar surface area (TPSA) is 91.9 Å². The minimum Gasteiger partial charge on any atom is -0.490 e. The summed E-state index contributed by atoms with van der Waals surface area (Å²) in [7, 11) is 2.03. The maximum absolute atomic E-state index is 13.5. The highest BCUT2D eigenvalue weighted by Gasteiger charge is 2.44. The van der Waals surface area contributed by atoms with Crippen LogP contribution in [-0.2, 0) is 10.2 Å². The third kappa shape index (κ3) is 3.96. The van der Waals surface area contributed by atoms with Crippen molar-refractivity contribution in [3.63, 3.8) is 0 Å². The molecule has 1 aliphatic rings. The van der Waals surface area contributed by atoms with Crippen LogP contribution in [0.4, 0.5) is 5.69 Å². The van der Waals surface area contributed by atoms with Crippen LogP contribution in [0.2, 0.25) is 0 Å². The van der Waals surface area contributed by atoms with E-state index >= 15 is 0 Å². The molecule has 2 atom stereocenters. The summed E-state index contributed by atoms with van der Waals surface area (Å²) in [6.07, 6.45) is 1.59. The number of aliphatic carboxylic acids is 1. The molecule has 0 bridgehead atoms. The van der Waals surface area contributed by atoms with Crippen LogP contribution >= 0.6 is 0 Å². The van der Waals surface area contributed by atoms with E-state index in [1.54, 1.807) is 48.7 Å². The van der Waals surface area contributed by atoms with Gasteiger partial charge in [0.25, 0.3) is 0 Å². The number of nitrogens with one attached hydrogen (secondary N) is 1. The van der Waals surface area contributed by atoms with E-state index in [0.717, 1.165) is 22.5 Å². The van der Waals surface area contributed by atoms with Crippen LogP contribution in [0.5, 0.6) is 11.5 Å². The van der Waals surface area contributed by atoms with E-state index in [1.165, 1.54) is 6.92 Å². The van der Waals surface area contributed by atoms with Crippen LogP contribution in [0.15, 0.2) is 72.9 Å². The number of H-pyrrole nitrogens is 1. The Kier molecular flexibility index (Phi) is 5.92. The number of Topliss-reactive ketones (excluding diaryl/α,β-unsaturated/α-hetero) is 1. The molecule has 0 saturated carbocycles. The number of ketones is 1. The van der Waals surface area contributed by atoms with Gasteiger partial charge in [0.05, 0.1) is 12.2 Å². The van der Waals surface area contributed by atoms with Crippen molar-refractivity contribution in [2.45, 2.75) is 25.4 Å². The number of rotatable bonds is 7. The molecule has 0 amide bonds. The highest BCUT2D eigenvalue weighted by molar-refractivity contribution is 6.18. The minimum atomic E-state index is -1.74. The molecule has 1 aliphatic heterocycles. The molecule has 184 valence electrons. The van der Waals surface area contributed by atoms with Gasteiger partial charge >= 0.3 is 5.97 Å². The summed E-state index contributed by atoms with van der Waals surface area (Å²) in [5, 5.41) is 10.8. The molecule has 2 N–H and O–H groups in total. The summed E-state index contributed by atoms with van der Waals surface area (Å²) in [5.74, 6) is -0.237. The number of likely N-dealkylation sites (N-methyl/N-ethyl adjacent to an activating group) is 1. The number of anilines is 1. The van der Waals surface area contributed by atoms with Crippen molar-refractivity contribution in [1.82, 2.24) is 4.98 Å². The quantitative estimate of drug-likeness (QED) is 0.284. The van der Waals surface area contributed by atoms with Crippen molar-refractivity contribution in [2.75, 3.05) is 25.1 Å². The molecule has 1 aromatic heterocycles. The van der Waals surface area contributed by atoms with Crippen molar-refractivity contribution >= 4 is 28.3 Å². The summed E-state index contributed by atoms with van der Waals surface area (Å²) in [4.78, 5) is 31.2. The van der Waals surface area contributed by atoms with Crippen molar-refractivity contribution in [2.24, 2.45) is 0 Å². The highest BCUT2D eigenvalue weighted by Crippen LogP contribution is 2.36. The smallest absolute Gasteiger partial charge is 0.321 e. The van der Waals surface area contributed by atoms with Crippen molar-refractivity contribution < 1.29 is 24.2 Å². The Morgan fingerprint density at radius 2 is 1.86 bits per heavy atom. The SMILES string of the molecule is Cc1cccc2c1O[C@H](COc1ccc(C(=O)C(C)(C(=O)O)c3cccc4[nH]ccc34)cc1)CN2C. The average Bonchev–Trinajstić information content (AvgIpc) is 3.36. The number of hydrogen-bond acceptors (Lipinski definition) is 5. The van der Waals surface area contributed by atoms with E-state index in [9.17, 15) is 14.7 Å². The molecule has 0 fully saturated rings. The number of ether oxygens (including phenoxy) is 2. The lowest BCUT2D eigenvalue weighted by atomic mass is 9.75. The van der Waals surface area contributed by atoms with E-state index in [2.05, 4.69) is 9.88 Å². The van der Waals surface area contributed by atoms with Gasteiger partial charge in [-0.1, -0.05) is 24.3 Å². The first-order valence-electron chi connectivity index (χ1n) is 11.8. The molecule has 0 spiro atoms. The third-order valence-corrected chi connectivity index (χ3v) is 6.93. The lowest BCUT2D eigenvalue weighted by Crippen LogP contribution is -2.41. The molecule has 7 heteroatoms. The van der Waals surface area contributed by atoms with Gasteiger partial charge in [-0.25, -0.2) is 0 Å². The summed E-state index contributed by atoms with van der Waals surface area (Å²) in [6.45, 7) is 4.51. The fraction of sp³-hybridized carbons (Fsp3) is 0.241. The molecule has 0 saturated heterocycles. The van der Waals surface area contributed by atoms with Crippen LogP contribution in [0, 0.1) is 6.92 Å². The number of carboxylic acid groups (broad SMARTS) is 1. The number of nitrogens with zero attached hydrogens (tertiary/aromatic N) is 1. The number of para-hydroxylation sites is 1. The lowest BCUT2D eigenvalue weighted by Gasteiger charge is -2.34. The Hall–Kier alpha value is -4.26. The maximum Gasteiger partial charge on any atom is 0.321 e. The maximum atomic E-state index is 13.5. The molecule has 5 rings (SSSR count). The van der Waals surface area contributed by atoms with Crippen LogP contribution < -0.4 is 14.4 Å². The van der Waals surface area contributed by atoms with Gasteiger partial charge in [-0.15, -0.1) is 0 Å². The Morgan fingerprint density at radius 3 is 2.61 bits per heavy atom. The van der Waals surface area contributed by atoms with Crippen molar-refractivity contribution in [1.29, 1.82) is 0 Å². The van der Waals surface area contributed by atoms with E-state index in [0.29, 0.717) is 35.4 Å². The Bertz CT molecular complexity index is 1440. The van der Waals surface area contributed by atoms with Crippen LogP contribution in [-0.4, -0.2) is 48.1 Å². The van der Waals surface area contributed by atoms with E-state index in [1.807, 2.05) is 38.2 Å². The number of aromatic amines is 1. The van der Waals surface area contributed by atoms with Gasteiger partial charge < -0.3 is 24.5 Å². The van der Waals surface area contributed by atoms with E-state index in [4.69, 9.17) is 9.47 Å². The number of fused-ring (bicyclic) bond motifs is 2. The van der Waals surface area contributed by atoms with Crippen LogP contribution in [0.25, 0.3) is 10.9 Å². The van der Waals surface area contributed by atoms with Gasteiger partial charge in [0, 0.05) is 29.7 Å². The normalized spacial score (nSPS) is 16.6. The number of carbonyl (C=O) groups is 2. The number of hydrogen-bond donors (Lipinski definition) is 2. The molecule has 0 radical (unpaired) electrons. The summed E-state index contributed by atoms with van der Waals surface area (Å²) in [5.41, 5.74) is 1.93.